The first-order valence-corrected chi connectivity index (χ1v) is 13.1. The molecule has 0 aliphatic rings. The van der Waals surface area contributed by atoms with Crippen LogP contribution in [0.5, 0.6) is 5.75 Å². The molecule has 0 fully saturated rings. The molecule has 0 aromatic heterocycles. The third-order valence-corrected chi connectivity index (χ3v) is 7.44. The van der Waals surface area contributed by atoms with Crippen molar-refractivity contribution in [3.05, 3.63) is 58.6 Å². The maximum Gasteiger partial charge on any atom is 0.271 e. The zero-order chi connectivity index (χ0) is 25.1. The second-order valence-electron chi connectivity index (χ2n) is 8.28. The molecule has 35 heavy (non-hydrogen) atoms. The molecule has 1 atom stereocenters. The number of benzene rings is 2. The lowest BCUT2D eigenvalue weighted by atomic mass is 10.2. The first-order chi connectivity index (χ1) is 16.2. The molecule has 2 N–H and O–H groups in total. The van der Waals surface area contributed by atoms with Crippen LogP contribution in [-0.4, -0.2) is 57.8 Å². The van der Waals surface area contributed by atoms with E-state index < -0.39 is 21.1 Å². The zero-order valence-electron chi connectivity index (χ0n) is 20.5. The number of nitro groups is 1. The van der Waals surface area contributed by atoms with Gasteiger partial charge in [0.25, 0.3) is 15.7 Å². The minimum absolute atomic E-state index is 0. The molecule has 9 nitrogen and oxygen atoms in total. The highest BCUT2D eigenvalue weighted by Gasteiger charge is 2.31. The summed E-state index contributed by atoms with van der Waals surface area (Å²) in [6.45, 7) is 6.11. The predicted molar refractivity (Wildman–Crippen MR) is 132 cm³/mol. The fourth-order valence-corrected chi connectivity index (χ4v) is 5.33. The van der Waals surface area contributed by atoms with E-state index in [1.165, 1.54) is 42.3 Å². The Morgan fingerprint density at radius 3 is 2.20 bits per heavy atom. The molecule has 0 aliphatic carbocycles. The van der Waals surface area contributed by atoms with Crippen LogP contribution >= 0.6 is 0 Å². The molecule has 0 bridgehead atoms. The number of hydrogen-bond acceptors (Lipinski definition) is 6. The fraction of sp³-hybridized carbons (Fsp3) is 0.500. The molecule has 0 heterocycles. The summed E-state index contributed by atoms with van der Waals surface area (Å²) in [6, 6.07) is 11.6. The van der Waals surface area contributed by atoms with E-state index in [1.54, 1.807) is 18.2 Å². The Hall–Kier alpha value is -2.40. The topological polar surface area (TPSA) is 114 Å². The molecule has 11 heteroatoms. The summed E-state index contributed by atoms with van der Waals surface area (Å²) < 4.78 is 33.6. The molecule has 1 unspecified atom stereocenters. The average Bonchev–Trinajstić information content (AvgIpc) is 2.84. The van der Waals surface area contributed by atoms with Crippen LogP contribution in [0.15, 0.2) is 53.4 Å². The molecule has 0 saturated carbocycles. The number of rotatable bonds is 15. The van der Waals surface area contributed by atoms with Gasteiger partial charge >= 0.3 is 0 Å². The second-order valence-corrected chi connectivity index (χ2v) is 10.1. The maximum atomic E-state index is 13.6. The van der Waals surface area contributed by atoms with Crippen LogP contribution in [0.2, 0.25) is 0 Å². The van der Waals surface area contributed by atoms with Gasteiger partial charge < -0.3 is 27.2 Å². The molecule has 2 aromatic carbocycles. The predicted octanol–water partition coefficient (Wildman–Crippen LogP) is -0.351. The summed E-state index contributed by atoms with van der Waals surface area (Å²) in [7, 11) is -2.76. The molecule has 2 aromatic rings. The zero-order valence-corrected chi connectivity index (χ0v) is 22.1. The number of unbranched alkanes of at least 4 members (excludes halogenated alkanes) is 2. The van der Waals surface area contributed by atoms with E-state index in [4.69, 9.17) is 4.74 Å². The number of ether oxygens (including phenoxy) is 1. The smallest absolute Gasteiger partial charge is 0.271 e. The number of nitrogens with one attached hydrogen (secondary N) is 1. The van der Waals surface area contributed by atoms with Gasteiger partial charge in [-0.1, -0.05) is 44.9 Å². The number of aliphatic hydroxyl groups is 1. The van der Waals surface area contributed by atoms with Gasteiger partial charge in [-0.3, -0.25) is 14.4 Å². The highest BCUT2D eigenvalue weighted by atomic mass is 35.5. The number of quaternary nitrogens is 1. The van der Waals surface area contributed by atoms with Crippen LogP contribution in [-0.2, 0) is 10.0 Å². The van der Waals surface area contributed by atoms with Crippen LogP contribution in [0.3, 0.4) is 0 Å². The first kappa shape index (κ1) is 30.6. The van der Waals surface area contributed by atoms with Gasteiger partial charge in [-0.05, 0) is 31.0 Å². The SMILES string of the molecule is CCCC[NH+](CCCC)CC(O)CN(c1cc([N+](=O)[O-])ccc1OC)S(=O)(=O)c1ccccc1.[Cl-]. The summed E-state index contributed by atoms with van der Waals surface area (Å²) in [4.78, 5) is 12.1. The Bertz CT molecular complexity index is 1020. The van der Waals surface area contributed by atoms with Gasteiger partial charge in [-0.2, -0.15) is 0 Å². The molecule has 2 rings (SSSR count). The Balaban J connectivity index is 0.00000612. The van der Waals surface area contributed by atoms with Crippen molar-refractivity contribution in [1.82, 2.24) is 0 Å². The molecule has 0 amide bonds. The van der Waals surface area contributed by atoms with Gasteiger partial charge in [0, 0.05) is 12.1 Å². The number of nitro benzene ring substituents is 1. The molecular formula is C24H36ClN3O6S. The molecule has 0 radical (unpaired) electrons. The van der Waals surface area contributed by atoms with E-state index in [-0.39, 0.29) is 41.0 Å². The lowest BCUT2D eigenvalue weighted by Gasteiger charge is -2.29. The number of aliphatic hydroxyl groups excluding tert-OH is 1. The van der Waals surface area contributed by atoms with Crippen LogP contribution in [0.4, 0.5) is 11.4 Å². The van der Waals surface area contributed by atoms with Gasteiger partial charge in [0.05, 0.1) is 36.6 Å². The second kappa shape index (κ2) is 14.9. The van der Waals surface area contributed by atoms with Crippen molar-refractivity contribution >= 4 is 21.4 Å². The van der Waals surface area contributed by atoms with Crippen molar-refractivity contribution in [2.24, 2.45) is 0 Å². The number of sulfonamides is 1. The monoisotopic (exact) mass is 529 g/mol. The van der Waals surface area contributed by atoms with Gasteiger partial charge in [0.1, 0.15) is 24.1 Å². The minimum Gasteiger partial charge on any atom is -1.00 e. The van der Waals surface area contributed by atoms with Gasteiger partial charge in [0.2, 0.25) is 0 Å². The van der Waals surface area contributed by atoms with E-state index in [0.29, 0.717) is 6.54 Å². The molecular weight excluding hydrogens is 494 g/mol. The Labute approximate surface area is 214 Å². The summed E-state index contributed by atoms with van der Waals surface area (Å²) in [5, 5.41) is 22.4. The number of methoxy groups -OCH3 is 1. The third kappa shape index (κ3) is 8.64. The Morgan fingerprint density at radius 1 is 1.09 bits per heavy atom. The standard InChI is InChI=1S/C24H35N3O6S.ClH/c1-4-6-15-25(16-7-5-2)18-21(28)19-26(34(31,32)22-11-9-8-10-12-22)23-17-20(27(29)30)13-14-24(23)33-3;/h8-14,17,21,28H,4-7,15-16,18-19H2,1-3H3;1H. The van der Waals surface area contributed by atoms with Crippen molar-refractivity contribution in [2.75, 3.05) is 37.6 Å². The normalized spacial score (nSPS) is 12.1. The van der Waals surface area contributed by atoms with Crippen molar-refractivity contribution in [3.8, 4) is 5.75 Å². The van der Waals surface area contributed by atoms with E-state index in [9.17, 15) is 23.6 Å². The number of anilines is 1. The lowest BCUT2D eigenvalue weighted by Crippen LogP contribution is -3.13. The lowest BCUT2D eigenvalue weighted by molar-refractivity contribution is -0.903. The van der Waals surface area contributed by atoms with Gasteiger partial charge in [-0.25, -0.2) is 8.42 Å². The maximum absolute atomic E-state index is 13.6. The summed E-state index contributed by atoms with van der Waals surface area (Å²) in [5.74, 6) is 0.165. The van der Waals surface area contributed by atoms with Gasteiger partial charge in [0.15, 0.2) is 0 Å². The Morgan fingerprint density at radius 2 is 1.69 bits per heavy atom. The first-order valence-electron chi connectivity index (χ1n) is 11.7. The van der Waals surface area contributed by atoms with E-state index in [1.807, 2.05) is 0 Å². The highest BCUT2D eigenvalue weighted by molar-refractivity contribution is 7.92. The quantitative estimate of drug-likeness (QED) is 0.241. The number of halogens is 1. The van der Waals surface area contributed by atoms with Crippen LogP contribution in [0.25, 0.3) is 0 Å². The van der Waals surface area contributed by atoms with Crippen molar-refractivity contribution in [1.29, 1.82) is 0 Å². The summed E-state index contributed by atoms with van der Waals surface area (Å²) in [6.07, 6.45) is 3.11. The van der Waals surface area contributed by atoms with Crippen molar-refractivity contribution in [3.63, 3.8) is 0 Å². The Kier molecular flexibility index (Phi) is 13.0. The third-order valence-electron chi connectivity index (χ3n) is 5.64. The van der Waals surface area contributed by atoms with E-state index in [2.05, 4.69) is 13.8 Å². The van der Waals surface area contributed by atoms with Crippen LogP contribution in [0, 0.1) is 10.1 Å². The summed E-state index contributed by atoms with van der Waals surface area (Å²) >= 11 is 0. The average molecular weight is 530 g/mol. The van der Waals surface area contributed by atoms with E-state index in [0.717, 1.165) is 43.1 Å². The number of nitrogens with zero attached hydrogens (tertiary/aromatic N) is 2. The van der Waals surface area contributed by atoms with Gasteiger partial charge in [-0.15, -0.1) is 0 Å². The summed E-state index contributed by atoms with van der Waals surface area (Å²) in [5.41, 5.74) is -0.250. The van der Waals surface area contributed by atoms with E-state index >= 15 is 0 Å². The molecule has 0 aliphatic heterocycles. The number of non-ortho nitro benzene ring substituents is 1. The number of hydrogen-bond donors (Lipinski definition) is 2. The van der Waals surface area contributed by atoms with Crippen molar-refractivity contribution < 1.29 is 40.5 Å². The molecule has 0 saturated heterocycles. The van der Waals surface area contributed by atoms with Crippen molar-refractivity contribution in [2.45, 2.75) is 50.5 Å². The minimum atomic E-state index is -4.13. The molecule has 0 spiro atoms. The van der Waals surface area contributed by atoms with Crippen LogP contribution < -0.4 is 26.3 Å². The highest BCUT2D eigenvalue weighted by Crippen LogP contribution is 2.35. The molecule has 196 valence electrons. The van der Waals surface area contributed by atoms with Crippen LogP contribution in [0.1, 0.15) is 39.5 Å². The largest absolute Gasteiger partial charge is 1.00 e. The fourth-order valence-electron chi connectivity index (χ4n) is 3.80.